The first-order chi connectivity index (χ1) is 8.76. The minimum Gasteiger partial charge on any atom is -0.392 e. The molecule has 0 aliphatic carbocycles. The molecule has 1 saturated heterocycles. The van der Waals surface area contributed by atoms with Crippen molar-refractivity contribution in [1.82, 2.24) is 14.9 Å². The van der Waals surface area contributed by atoms with Crippen LogP contribution in [0.4, 0.5) is 5.82 Å². The molecule has 0 bridgehead atoms. The number of aliphatic hydroxyl groups excluding tert-OH is 1. The Morgan fingerprint density at radius 2 is 2.44 bits per heavy atom. The molecule has 3 heterocycles. The van der Waals surface area contributed by atoms with Gasteiger partial charge in [-0.3, -0.25) is 4.90 Å². The molecule has 5 nitrogen and oxygen atoms in total. The molecule has 0 radical (unpaired) electrons. The van der Waals surface area contributed by atoms with E-state index in [1.54, 1.807) is 11.3 Å². The highest BCUT2D eigenvalue weighted by atomic mass is 32.1. The molecule has 0 saturated carbocycles. The van der Waals surface area contributed by atoms with E-state index in [2.05, 4.69) is 20.2 Å². The Morgan fingerprint density at radius 1 is 1.56 bits per heavy atom. The number of aliphatic hydroxyl groups is 1. The monoisotopic (exact) mass is 264 g/mol. The van der Waals surface area contributed by atoms with Crippen molar-refractivity contribution < 1.29 is 5.11 Å². The number of hydrogen-bond acceptors (Lipinski definition) is 6. The number of hydrogen-bond donors (Lipinski definition) is 2. The van der Waals surface area contributed by atoms with Gasteiger partial charge < -0.3 is 10.4 Å². The predicted molar refractivity (Wildman–Crippen MR) is 72.9 cm³/mol. The molecule has 1 atom stereocenters. The van der Waals surface area contributed by atoms with Gasteiger partial charge in [0, 0.05) is 20.1 Å². The molecule has 18 heavy (non-hydrogen) atoms. The Morgan fingerprint density at radius 3 is 3.17 bits per heavy atom. The van der Waals surface area contributed by atoms with Crippen LogP contribution in [0.25, 0.3) is 10.2 Å². The van der Waals surface area contributed by atoms with Crippen LogP contribution in [0, 0.1) is 0 Å². The number of anilines is 1. The summed E-state index contributed by atoms with van der Waals surface area (Å²) < 4.78 is 0. The first-order valence-corrected chi connectivity index (χ1v) is 6.96. The molecule has 3 rings (SSSR count). The summed E-state index contributed by atoms with van der Waals surface area (Å²) in [5.74, 6) is 1.71. The Hall–Kier alpha value is -1.24. The minimum atomic E-state index is -0.195. The van der Waals surface area contributed by atoms with E-state index < -0.39 is 0 Å². The van der Waals surface area contributed by atoms with Gasteiger partial charge in [-0.2, -0.15) is 0 Å². The average Bonchev–Trinajstić information content (AvgIpc) is 2.97. The number of β-amino-alcohol motifs (C(OH)–C–C–N with tert-alkyl or cyclic N) is 1. The summed E-state index contributed by atoms with van der Waals surface area (Å²) >= 11 is 1.63. The lowest BCUT2D eigenvalue weighted by Gasteiger charge is -2.14. The molecule has 1 aliphatic heterocycles. The highest BCUT2D eigenvalue weighted by Crippen LogP contribution is 2.25. The lowest BCUT2D eigenvalue weighted by molar-refractivity contribution is 0.174. The first-order valence-electron chi connectivity index (χ1n) is 6.08. The molecule has 6 heteroatoms. The van der Waals surface area contributed by atoms with E-state index in [1.807, 2.05) is 18.5 Å². The van der Waals surface area contributed by atoms with Gasteiger partial charge in [0.25, 0.3) is 0 Å². The van der Waals surface area contributed by atoms with Gasteiger partial charge in [-0.25, -0.2) is 9.97 Å². The highest BCUT2D eigenvalue weighted by Gasteiger charge is 2.21. The van der Waals surface area contributed by atoms with Crippen LogP contribution in [0.3, 0.4) is 0 Å². The Kier molecular flexibility index (Phi) is 3.15. The largest absolute Gasteiger partial charge is 0.392 e. The Balaban J connectivity index is 1.87. The summed E-state index contributed by atoms with van der Waals surface area (Å²) in [6.07, 6.45) is 0.652. The fourth-order valence-corrected chi connectivity index (χ4v) is 3.10. The molecule has 1 unspecified atom stereocenters. The fourth-order valence-electron chi connectivity index (χ4n) is 2.32. The van der Waals surface area contributed by atoms with Crippen LogP contribution in [0.5, 0.6) is 0 Å². The molecule has 0 spiro atoms. The van der Waals surface area contributed by atoms with Gasteiger partial charge in [0.05, 0.1) is 18.0 Å². The van der Waals surface area contributed by atoms with E-state index >= 15 is 0 Å². The maximum absolute atomic E-state index is 9.52. The summed E-state index contributed by atoms with van der Waals surface area (Å²) in [7, 11) is 1.88. The second-order valence-electron chi connectivity index (χ2n) is 4.56. The molecule has 1 fully saturated rings. The number of thiophene rings is 1. The predicted octanol–water partition coefficient (Wildman–Crippen LogP) is 1.30. The third kappa shape index (κ3) is 2.19. The average molecular weight is 264 g/mol. The zero-order chi connectivity index (χ0) is 12.5. The third-order valence-electron chi connectivity index (χ3n) is 3.22. The van der Waals surface area contributed by atoms with Crippen molar-refractivity contribution in [3.05, 3.63) is 17.3 Å². The maximum atomic E-state index is 9.52. The van der Waals surface area contributed by atoms with Gasteiger partial charge in [0.15, 0.2) is 0 Å². The van der Waals surface area contributed by atoms with Gasteiger partial charge in [-0.1, -0.05) is 0 Å². The van der Waals surface area contributed by atoms with E-state index in [-0.39, 0.29) is 6.10 Å². The second-order valence-corrected chi connectivity index (χ2v) is 5.45. The van der Waals surface area contributed by atoms with E-state index in [4.69, 9.17) is 0 Å². The van der Waals surface area contributed by atoms with Crippen molar-refractivity contribution >= 4 is 27.4 Å². The summed E-state index contributed by atoms with van der Waals surface area (Å²) in [6, 6.07) is 2.04. The van der Waals surface area contributed by atoms with Crippen LogP contribution in [0.1, 0.15) is 12.2 Å². The van der Waals surface area contributed by atoms with Crippen molar-refractivity contribution in [2.45, 2.75) is 19.1 Å². The van der Waals surface area contributed by atoms with Crippen molar-refractivity contribution in [1.29, 1.82) is 0 Å². The number of rotatable bonds is 3. The molecule has 96 valence electrons. The van der Waals surface area contributed by atoms with Crippen molar-refractivity contribution in [2.24, 2.45) is 0 Å². The van der Waals surface area contributed by atoms with Gasteiger partial charge in [0.2, 0.25) is 0 Å². The van der Waals surface area contributed by atoms with Gasteiger partial charge in [-0.05, 0) is 17.9 Å². The maximum Gasteiger partial charge on any atom is 0.146 e. The summed E-state index contributed by atoms with van der Waals surface area (Å²) in [5, 5.41) is 15.8. The number of aromatic nitrogens is 2. The molecule has 1 aliphatic rings. The van der Waals surface area contributed by atoms with Crippen LogP contribution in [0.2, 0.25) is 0 Å². The molecule has 2 aromatic heterocycles. The van der Waals surface area contributed by atoms with Gasteiger partial charge >= 0.3 is 0 Å². The SMILES string of the molecule is CNc1nc(CN2CCC(O)C2)nc2sccc12. The zero-order valence-electron chi connectivity index (χ0n) is 10.3. The van der Waals surface area contributed by atoms with Crippen LogP contribution in [-0.4, -0.2) is 46.2 Å². The number of nitrogens with zero attached hydrogens (tertiary/aromatic N) is 3. The lowest BCUT2D eigenvalue weighted by Crippen LogP contribution is -2.22. The van der Waals surface area contributed by atoms with E-state index in [0.29, 0.717) is 6.54 Å². The molecule has 0 amide bonds. The van der Waals surface area contributed by atoms with Crippen molar-refractivity contribution in [3.63, 3.8) is 0 Å². The molecule has 2 N–H and O–H groups in total. The smallest absolute Gasteiger partial charge is 0.146 e. The van der Waals surface area contributed by atoms with Gasteiger partial charge in [-0.15, -0.1) is 11.3 Å². The quantitative estimate of drug-likeness (QED) is 0.875. The van der Waals surface area contributed by atoms with Gasteiger partial charge in [0.1, 0.15) is 16.5 Å². The third-order valence-corrected chi connectivity index (χ3v) is 4.03. The first kappa shape index (κ1) is 11.8. The Bertz CT molecular complexity index is 556. The van der Waals surface area contributed by atoms with Crippen LogP contribution in [-0.2, 0) is 6.54 Å². The van der Waals surface area contributed by atoms with E-state index in [9.17, 15) is 5.11 Å². The minimum absolute atomic E-state index is 0.195. The second kappa shape index (κ2) is 4.79. The van der Waals surface area contributed by atoms with Crippen LogP contribution < -0.4 is 5.32 Å². The Labute approximate surface area is 109 Å². The number of fused-ring (bicyclic) bond motifs is 1. The topological polar surface area (TPSA) is 61.3 Å². The standard InChI is InChI=1S/C12H16N4OS/c1-13-11-9-3-5-18-12(9)15-10(14-11)7-16-4-2-8(17)6-16/h3,5,8,17H,2,4,6-7H2,1H3,(H,13,14,15). The normalized spacial score (nSPS) is 20.7. The highest BCUT2D eigenvalue weighted by molar-refractivity contribution is 7.16. The zero-order valence-corrected chi connectivity index (χ0v) is 11.1. The summed E-state index contributed by atoms with van der Waals surface area (Å²) in [4.78, 5) is 12.3. The molecular weight excluding hydrogens is 248 g/mol. The summed E-state index contributed by atoms with van der Waals surface area (Å²) in [6.45, 7) is 2.35. The van der Waals surface area contributed by atoms with E-state index in [1.165, 1.54) is 0 Å². The van der Waals surface area contributed by atoms with Crippen molar-refractivity contribution in [2.75, 3.05) is 25.5 Å². The van der Waals surface area contributed by atoms with Crippen molar-refractivity contribution in [3.8, 4) is 0 Å². The number of likely N-dealkylation sites (tertiary alicyclic amines) is 1. The summed E-state index contributed by atoms with van der Waals surface area (Å²) in [5.41, 5.74) is 0. The van der Waals surface area contributed by atoms with Crippen LogP contribution >= 0.6 is 11.3 Å². The number of nitrogens with one attached hydrogen (secondary N) is 1. The van der Waals surface area contributed by atoms with Crippen LogP contribution in [0.15, 0.2) is 11.4 Å². The lowest BCUT2D eigenvalue weighted by atomic mass is 10.3. The molecule has 0 aromatic carbocycles. The van der Waals surface area contributed by atoms with E-state index in [0.717, 1.165) is 41.4 Å². The fraction of sp³-hybridized carbons (Fsp3) is 0.500. The molecule has 2 aromatic rings. The molecular formula is C12H16N4OS.